The van der Waals surface area contributed by atoms with Gasteiger partial charge in [-0.15, -0.1) is 0 Å². The molecule has 0 heterocycles. The molecule has 0 aliphatic carbocycles. The monoisotopic (exact) mass is 349 g/mol. The van der Waals surface area contributed by atoms with Gasteiger partial charge in [0.1, 0.15) is 0 Å². The topological polar surface area (TPSA) is 103 Å². The molecule has 1 amide bonds. The summed E-state index contributed by atoms with van der Waals surface area (Å²) in [7, 11) is 0. The lowest BCUT2D eigenvalue weighted by molar-refractivity contribution is -0.137. The zero-order valence-electron chi connectivity index (χ0n) is 14.6. The van der Waals surface area contributed by atoms with Crippen LogP contribution < -0.4 is 5.32 Å². The van der Waals surface area contributed by atoms with Gasteiger partial charge in [0.2, 0.25) is 5.91 Å². The number of carbonyl (C=O) groups excluding carboxylic acids is 1. The first-order valence-electron chi connectivity index (χ1n) is 8.46. The van der Waals surface area contributed by atoms with E-state index in [0.29, 0.717) is 59.2 Å². The van der Waals surface area contributed by atoms with Gasteiger partial charge in [0, 0.05) is 26.0 Å². The smallest absolute Gasteiger partial charge is 0.303 e. The molecule has 0 saturated heterocycles. The molecule has 0 aromatic heterocycles. The first-order valence-corrected chi connectivity index (χ1v) is 8.46. The van der Waals surface area contributed by atoms with E-state index in [2.05, 4.69) is 12.2 Å². The van der Waals surface area contributed by atoms with Crippen molar-refractivity contribution < 1.29 is 33.6 Å². The highest BCUT2D eigenvalue weighted by Crippen LogP contribution is 1.94. The second-order valence-corrected chi connectivity index (χ2v) is 5.05. The number of carboxylic acids is 1. The SMILES string of the molecule is CCCOCCOCCOCCOCCNC(=O)CCCC(=O)O. The highest BCUT2D eigenvalue weighted by molar-refractivity contribution is 5.76. The van der Waals surface area contributed by atoms with Crippen LogP contribution in [0.25, 0.3) is 0 Å². The highest BCUT2D eigenvalue weighted by atomic mass is 16.6. The maximum absolute atomic E-state index is 11.3. The van der Waals surface area contributed by atoms with Gasteiger partial charge in [0.05, 0.1) is 46.2 Å². The standard InChI is InChI=1S/C16H31NO7/c1-2-7-21-9-11-23-13-14-24-12-10-22-8-6-17-15(18)4-3-5-16(19)20/h2-14H2,1H3,(H,17,18)(H,19,20). The molecule has 0 aromatic carbocycles. The number of carbonyl (C=O) groups is 2. The van der Waals surface area contributed by atoms with E-state index in [1.54, 1.807) is 0 Å². The summed E-state index contributed by atoms with van der Waals surface area (Å²) in [6, 6.07) is 0. The Morgan fingerprint density at radius 3 is 1.79 bits per heavy atom. The third-order valence-corrected chi connectivity index (χ3v) is 2.83. The molecule has 0 atom stereocenters. The van der Waals surface area contributed by atoms with E-state index in [1.807, 2.05) is 0 Å². The molecule has 0 fully saturated rings. The summed E-state index contributed by atoms with van der Waals surface area (Å²) in [5.41, 5.74) is 0. The van der Waals surface area contributed by atoms with Crippen molar-refractivity contribution in [2.45, 2.75) is 32.6 Å². The number of nitrogens with one attached hydrogen (secondary N) is 1. The maximum Gasteiger partial charge on any atom is 0.303 e. The average Bonchev–Trinajstić information content (AvgIpc) is 2.55. The number of hydrogen-bond acceptors (Lipinski definition) is 6. The summed E-state index contributed by atoms with van der Waals surface area (Å²) in [6.45, 7) is 6.79. The second-order valence-electron chi connectivity index (χ2n) is 5.05. The van der Waals surface area contributed by atoms with Crippen molar-refractivity contribution >= 4 is 11.9 Å². The Morgan fingerprint density at radius 2 is 1.29 bits per heavy atom. The first kappa shape index (κ1) is 22.8. The highest BCUT2D eigenvalue weighted by Gasteiger charge is 2.03. The quantitative estimate of drug-likeness (QED) is 0.353. The number of rotatable bonds is 18. The van der Waals surface area contributed by atoms with E-state index in [9.17, 15) is 9.59 Å². The Morgan fingerprint density at radius 1 is 0.792 bits per heavy atom. The van der Waals surface area contributed by atoms with E-state index >= 15 is 0 Å². The molecule has 0 radical (unpaired) electrons. The van der Waals surface area contributed by atoms with E-state index in [0.717, 1.165) is 13.0 Å². The van der Waals surface area contributed by atoms with Crippen LogP contribution in [0.5, 0.6) is 0 Å². The summed E-state index contributed by atoms with van der Waals surface area (Å²) in [6.07, 6.45) is 1.59. The van der Waals surface area contributed by atoms with E-state index in [1.165, 1.54) is 0 Å². The van der Waals surface area contributed by atoms with Gasteiger partial charge in [-0.05, 0) is 12.8 Å². The van der Waals surface area contributed by atoms with Gasteiger partial charge in [-0.25, -0.2) is 0 Å². The Kier molecular flexibility index (Phi) is 17.2. The molecule has 0 aromatic rings. The number of ether oxygens (including phenoxy) is 4. The molecule has 0 rings (SSSR count). The summed E-state index contributed by atoms with van der Waals surface area (Å²) >= 11 is 0. The van der Waals surface area contributed by atoms with Crippen molar-refractivity contribution in [2.75, 3.05) is 59.4 Å². The molecular weight excluding hydrogens is 318 g/mol. The lowest BCUT2D eigenvalue weighted by Gasteiger charge is -2.08. The van der Waals surface area contributed by atoms with Gasteiger partial charge in [-0.2, -0.15) is 0 Å². The van der Waals surface area contributed by atoms with Crippen molar-refractivity contribution in [3.63, 3.8) is 0 Å². The molecule has 0 aliphatic rings. The van der Waals surface area contributed by atoms with Gasteiger partial charge in [0.15, 0.2) is 0 Å². The van der Waals surface area contributed by atoms with Crippen LogP contribution in [0.1, 0.15) is 32.6 Å². The van der Waals surface area contributed by atoms with Crippen molar-refractivity contribution in [1.82, 2.24) is 5.32 Å². The number of amides is 1. The predicted octanol–water partition coefficient (Wildman–Crippen LogP) is 0.834. The number of carboxylic acid groups (broad SMARTS) is 1. The average molecular weight is 349 g/mol. The Balaban J connectivity index is 3.12. The third kappa shape index (κ3) is 18.8. The van der Waals surface area contributed by atoms with Crippen LogP contribution in [0.15, 0.2) is 0 Å². The van der Waals surface area contributed by atoms with Crippen molar-refractivity contribution in [1.29, 1.82) is 0 Å². The predicted molar refractivity (Wildman–Crippen MR) is 88.1 cm³/mol. The molecule has 8 heteroatoms. The lowest BCUT2D eigenvalue weighted by atomic mass is 10.2. The molecule has 0 bridgehead atoms. The fraction of sp³-hybridized carbons (Fsp3) is 0.875. The minimum absolute atomic E-state index is 0.0107. The lowest BCUT2D eigenvalue weighted by Crippen LogP contribution is -2.27. The van der Waals surface area contributed by atoms with Crippen LogP contribution in [0.2, 0.25) is 0 Å². The zero-order valence-corrected chi connectivity index (χ0v) is 14.6. The molecule has 0 saturated carbocycles. The van der Waals surface area contributed by atoms with Gasteiger partial charge >= 0.3 is 5.97 Å². The van der Waals surface area contributed by atoms with Crippen LogP contribution >= 0.6 is 0 Å². The molecule has 0 unspecified atom stereocenters. The van der Waals surface area contributed by atoms with Crippen LogP contribution in [0, 0.1) is 0 Å². The molecule has 2 N–H and O–H groups in total. The normalized spacial score (nSPS) is 10.7. The minimum Gasteiger partial charge on any atom is -0.481 e. The zero-order chi connectivity index (χ0) is 17.9. The third-order valence-electron chi connectivity index (χ3n) is 2.83. The largest absolute Gasteiger partial charge is 0.481 e. The van der Waals surface area contributed by atoms with Crippen LogP contribution in [-0.2, 0) is 28.5 Å². The Hall–Kier alpha value is -1.22. The van der Waals surface area contributed by atoms with E-state index in [4.69, 9.17) is 24.1 Å². The van der Waals surface area contributed by atoms with Gasteiger partial charge in [0.25, 0.3) is 0 Å². The summed E-state index contributed by atoms with van der Waals surface area (Å²) in [4.78, 5) is 21.6. The molecule has 24 heavy (non-hydrogen) atoms. The number of hydrogen-bond donors (Lipinski definition) is 2. The van der Waals surface area contributed by atoms with Crippen molar-refractivity contribution in [3.05, 3.63) is 0 Å². The van der Waals surface area contributed by atoms with E-state index in [-0.39, 0.29) is 18.7 Å². The van der Waals surface area contributed by atoms with Crippen LogP contribution in [-0.4, -0.2) is 76.4 Å². The molecule has 8 nitrogen and oxygen atoms in total. The van der Waals surface area contributed by atoms with Gasteiger partial charge in [-0.1, -0.05) is 6.92 Å². The van der Waals surface area contributed by atoms with Gasteiger partial charge < -0.3 is 29.4 Å². The summed E-state index contributed by atoms with van der Waals surface area (Å²) in [5.74, 6) is -1.04. The Labute approximate surface area is 143 Å². The summed E-state index contributed by atoms with van der Waals surface area (Å²) < 4.78 is 21.2. The molecular formula is C16H31NO7. The number of aliphatic carboxylic acids is 1. The van der Waals surface area contributed by atoms with Crippen molar-refractivity contribution in [3.8, 4) is 0 Å². The Bertz CT molecular complexity index is 313. The molecule has 0 spiro atoms. The van der Waals surface area contributed by atoms with Crippen LogP contribution in [0.3, 0.4) is 0 Å². The summed E-state index contributed by atoms with van der Waals surface area (Å²) in [5, 5.41) is 11.1. The fourth-order valence-electron chi connectivity index (χ4n) is 1.66. The fourth-order valence-corrected chi connectivity index (χ4v) is 1.66. The van der Waals surface area contributed by atoms with Gasteiger partial charge in [-0.3, -0.25) is 9.59 Å². The maximum atomic E-state index is 11.3. The van der Waals surface area contributed by atoms with Crippen molar-refractivity contribution in [2.24, 2.45) is 0 Å². The molecule has 142 valence electrons. The molecule has 0 aliphatic heterocycles. The van der Waals surface area contributed by atoms with Crippen LogP contribution in [0.4, 0.5) is 0 Å². The second kappa shape index (κ2) is 18.1. The van der Waals surface area contributed by atoms with E-state index < -0.39 is 5.97 Å². The first-order chi connectivity index (χ1) is 11.7. The minimum atomic E-state index is -0.888.